The maximum Gasteiger partial charge on any atom is 0.393 e. The fourth-order valence-corrected chi connectivity index (χ4v) is 4.62. The van der Waals surface area contributed by atoms with E-state index in [-0.39, 0.29) is 31.2 Å². The predicted octanol–water partition coefficient (Wildman–Crippen LogP) is 3.15. The van der Waals surface area contributed by atoms with Crippen molar-refractivity contribution < 1.29 is 18.3 Å². The van der Waals surface area contributed by atoms with Crippen molar-refractivity contribution in [2.45, 2.75) is 56.5 Å². The van der Waals surface area contributed by atoms with E-state index in [1.807, 2.05) is 0 Å². The average Bonchev–Trinajstić information content (AvgIpc) is 2.74. The lowest BCUT2D eigenvalue weighted by molar-refractivity contribution is -0.177. The molecule has 2 heterocycles. The molecule has 0 spiro atoms. The first-order valence-corrected chi connectivity index (χ1v) is 10.2. The number of aromatic nitrogens is 2. The highest BCUT2D eigenvalue weighted by Crippen LogP contribution is 2.37. The van der Waals surface area contributed by atoms with Crippen molar-refractivity contribution in [3.63, 3.8) is 0 Å². The van der Waals surface area contributed by atoms with Crippen LogP contribution in [0, 0.1) is 17.2 Å². The van der Waals surface area contributed by atoms with E-state index in [2.05, 4.69) is 21.4 Å². The van der Waals surface area contributed by atoms with Gasteiger partial charge in [-0.1, -0.05) is 0 Å². The van der Waals surface area contributed by atoms with Crippen LogP contribution in [0.1, 0.15) is 37.7 Å². The summed E-state index contributed by atoms with van der Waals surface area (Å²) in [5, 5.41) is 22.4. The Morgan fingerprint density at radius 1 is 1.03 bits per heavy atom. The maximum atomic E-state index is 13.7. The number of rotatable bonds is 3. The molecule has 4 rings (SSSR count). The van der Waals surface area contributed by atoms with E-state index < -0.39 is 12.1 Å². The zero-order valence-corrected chi connectivity index (χ0v) is 16.4. The molecule has 1 aliphatic carbocycles. The number of piperidine rings is 1. The first-order chi connectivity index (χ1) is 14.3. The number of aliphatic hydroxyl groups excluding tert-OH is 1. The van der Waals surface area contributed by atoms with Crippen molar-refractivity contribution in [3.8, 4) is 6.07 Å². The maximum absolute atomic E-state index is 13.7. The molecule has 0 bridgehead atoms. The predicted molar refractivity (Wildman–Crippen MR) is 106 cm³/mol. The third kappa shape index (κ3) is 4.35. The minimum absolute atomic E-state index is 0.0267. The van der Waals surface area contributed by atoms with Gasteiger partial charge in [-0.2, -0.15) is 18.4 Å². The molecule has 2 atom stereocenters. The minimum atomic E-state index is -4.30. The van der Waals surface area contributed by atoms with Crippen molar-refractivity contribution in [2.24, 2.45) is 5.92 Å². The van der Waals surface area contributed by atoms with Gasteiger partial charge in [0.15, 0.2) is 0 Å². The summed E-state index contributed by atoms with van der Waals surface area (Å²) >= 11 is 0. The number of hydrogen-bond acceptors (Lipinski definition) is 6. The van der Waals surface area contributed by atoms with Gasteiger partial charge in [0, 0.05) is 37.6 Å². The largest absolute Gasteiger partial charge is 0.393 e. The summed E-state index contributed by atoms with van der Waals surface area (Å²) in [6.07, 6.45) is 1.26. The van der Waals surface area contributed by atoms with Gasteiger partial charge in [0.05, 0.1) is 23.3 Å². The van der Waals surface area contributed by atoms with Crippen LogP contribution in [-0.2, 0) is 0 Å². The molecule has 0 radical (unpaired) electrons. The molecule has 0 amide bonds. The molecule has 2 aromatic rings. The van der Waals surface area contributed by atoms with Gasteiger partial charge < -0.3 is 15.3 Å². The Labute approximate surface area is 172 Å². The first kappa shape index (κ1) is 20.8. The highest BCUT2D eigenvalue weighted by atomic mass is 19.4. The van der Waals surface area contributed by atoms with Crippen LogP contribution in [0.25, 0.3) is 11.0 Å². The Hall–Kier alpha value is -2.44. The van der Waals surface area contributed by atoms with E-state index in [0.29, 0.717) is 41.7 Å². The molecular formula is C21H24F3N5O. The van der Waals surface area contributed by atoms with Crippen LogP contribution >= 0.6 is 0 Å². The number of fused-ring (bicyclic) bond motifs is 1. The molecule has 1 saturated heterocycles. The quantitative estimate of drug-likeness (QED) is 0.795. The van der Waals surface area contributed by atoms with Gasteiger partial charge in [0.2, 0.25) is 0 Å². The molecule has 2 N–H and O–H groups in total. The van der Waals surface area contributed by atoms with Crippen LogP contribution in [0.15, 0.2) is 24.5 Å². The lowest BCUT2D eigenvalue weighted by Gasteiger charge is -2.42. The number of benzene rings is 1. The fourth-order valence-electron chi connectivity index (χ4n) is 4.62. The van der Waals surface area contributed by atoms with Gasteiger partial charge in [-0.15, -0.1) is 0 Å². The van der Waals surface area contributed by atoms with E-state index in [1.54, 1.807) is 17.0 Å². The first-order valence-electron chi connectivity index (χ1n) is 10.2. The summed E-state index contributed by atoms with van der Waals surface area (Å²) in [6, 6.07) is 5.12. The van der Waals surface area contributed by atoms with Crippen LogP contribution in [0.2, 0.25) is 0 Å². The smallest absolute Gasteiger partial charge is 0.393 e. The molecule has 9 heteroatoms. The topological polar surface area (TPSA) is 85.1 Å². The van der Waals surface area contributed by atoms with Crippen molar-refractivity contribution in [1.82, 2.24) is 15.3 Å². The van der Waals surface area contributed by atoms with Gasteiger partial charge in [0.1, 0.15) is 17.1 Å². The Balaban J connectivity index is 1.62. The number of alkyl halides is 3. The lowest BCUT2D eigenvalue weighted by atomic mass is 9.89. The summed E-state index contributed by atoms with van der Waals surface area (Å²) in [6.45, 7) is 0.270. The Morgan fingerprint density at radius 2 is 1.73 bits per heavy atom. The molecule has 6 nitrogen and oxygen atoms in total. The lowest BCUT2D eigenvalue weighted by Crippen LogP contribution is -2.55. The Kier molecular flexibility index (Phi) is 5.80. The van der Waals surface area contributed by atoms with E-state index in [9.17, 15) is 23.5 Å². The zero-order valence-electron chi connectivity index (χ0n) is 16.4. The number of hydrogen-bond donors (Lipinski definition) is 2. The fraction of sp³-hybridized carbons (Fsp3) is 0.571. The molecule has 1 aromatic heterocycles. The van der Waals surface area contributed by atoms with Gasteiger partial charge in [0.25, 0.3) is 0 Å². The molecule has 2 fully saturated rings. The Bertz CT molecular complexity index is 936. The summed E-state index contributed by atoms with van der Waals surface area (Å²) in [5.41, 5.74) is 1.76. The molecule has 0 unspecified atom stereocenters. The van der Waals surface area contributed by atoms with Crippen molar-refractivity contribution in [1.29, 1.82) is 5.26 Å². The number of anilines is 1. The SMILES string of the molecule is N#Cc1ccc(N2C[C@@H](NC3CCC(O)CC3)C[C@@H](C(F)(F)F)C2)c2nccnc12. The number of halogens is 3. The number of nitrogens with one attached hydrogen (secondary N) is 1. The number of nitrogens with zero attached hydrogens (tertiary/aromatic N) is 4. The van der Waals surface area contributed by atoms with Crippen LogP contribution in [-0.4, -0.2) is 52.5 Å². The van der Waals surface area contributed by atoms with Crippen molar-refractivity contribution in [3.05, 3.63) is 30.1 Å². The third-order valence-corrected chi connectivity index (χ3v) is 6.15. The summed E-state index contributed by atoms with van der Waals surface area (Å²) in [7, 11) is 0. The van der Waals surface area contributed by atoms with Gasteiger partial charge in [-0.3, -0.25) is 9.97 Å². The van der Waals surface area contributed by atoms with E-state index in [4.69, 9.17) is 0 Å². The second kappa shape index (κ2) is 8.36. The molecule has 160 valence electrons. The number of nitriles is 1. The second-order valence-corrected chi connectivity index (χ2v) is 8.25. The van der Waals surface area contributed by atoms with Crippen LogP contribution in [0.3, 0.4) is 0 Å². The van der Waals surface area contributed by atoms with Crippen LogP contribution < -0.4 is 10.2 Å². The molecule has 1 aliphatic heterocycles. The van der Waals surface area contributed by atoms with Crippen LogP contribution in [0.4, 0.5) is 18.9 Å². The van der Waals surface area contributed by atoms with Gasteiger partial charge >= 0.3 is 6.18 Å². The van der Waals surface area contributed by atoms with Gasteiger partial charge in [-0.25, -0.2) is 0 Å². The van der Waals surface area contributed by atoms with E-state index >= 15 is 0 Å². The number of aliphatic hydroxyl groups is 1. The standard InChI is InChI=1S/C21H24F3N5O/c22-21(23,24)14-9-16(28-15-2-4-17(30)5-3-15)12-29(11-14)18-6-1-13(10-25)19-20(18)27-8-7-26-19/h1,6-8,14-17,28,30H,2-5,9,11-12H2/t14-,15?,16+,17?/m1/s1. The van der Waals surface area contributed by atoms with E-state index in [0.717, 1.165) is 12.8 Å². The molecular weight excluding hydrogens is 395 g/mol. The van der Waals surface area contributed by atoms with Gasteiger partial charge in [-0.05, 0) is 44.2 Å². The summed E-state index contributed by atoms with van der Waals surface area (Å²) in [4.78, 5) is 10.3. The summed E-state index contributed by atoms with van der Waals surface area (Å²) < 4.78 is 41.1. The normalized spacial score (nSPS) is 27.8. The molecule has 30 heavy (non-hydrogen) atoms. The minimum Gasteiger partial charge on any atom is -0.393 e. The molecule has 1 saturated carbocycles. The Morgan fingerprint density at radius 3 is 2.40 bits per heavy atom. The van der Waals surface area contributed by atoms with Crippen LogP contribution in [0.5, 0.6) is 0 Å². The van der Waals surface area contributed by atoms with E-state index in [1.165, 1.54) is 12.4 Å². The second-order valence-electron chi connectivity index (χ2n) is 8.25. The monoisotopic (exact) mass is 419 g/mol. The van der Waals surface area contributed by atoms with Crippen molar-refractivity contribution in [2.75, 3.05) is 18.0 Å². The summed E-state index contributed by atoms with van der Waals surface area (Å²) in [5.74, 6) is -1.46. The average molecular weight is 419 g/mol. The zero-order chi connectivity index (χ0) is 21.3. The highest BCUT2D eigenvalue weighted by molar-refractivity contribution is 5.92. The van der Waals surface area contributed by atoms with Crippen molar-refractivity contribution >= 4 is 16.7 Å². The highest BCUT2D eigenvalue weighted by Gasteiger charge is 2.45. The molecule has 2 aliphatic rings. The third-order valence-electron chi connectivity index (χ3n) is 6.15. The molecule has 1 aromatic carbocycles.